The van der Waals surface area contributed by atoms with E-state index in [-0.39, 0.29) is 0 Å². The summed E-state index contributed by atoms with van der Waals surface area (Å²) in [7, 11) is -5.46. The molecule has 0 saturated carbocycles. The first kappa shape index (κ1) is 15.9. The van der Waals surface area contributed by atoms with Gasteiger partial charge < -0.3 is 24.4 Å². The molecule has 2 atom stereocenters. The van der Waals surface area contributed by atoms with Crippen LogP contribution in [0.1, 0.15) is 6.92 Å². The Labute approximate surface area is 112 Å². The summed E-state index contributed by atoms with van der Waals surface area (Å²) in [6.07, 6.45) is -1.55. The molecule has 14 heteroatoms. The zero-order chi connectivity index (χ0) is 14.6. The summed E-state index contributed by atoms with van der Waals surface area (Å²) in [4.78, 5) is 0. The summed E-state index contributed by atoms with van der Waals surface area (Å²) in [5.41, 5.74) is 5.04. The molecule has 2 unspecified atom stereocenters. The average Bonchev–Trinajstić information content (AvgIpc) is 2.41. The van der Waals surface area contributed by atoms with Crippen LogP contribution in [0.3, 0.4) is 0 Å². The topological polar surface area (TPSA) is 210 Å². The molecule has 19 heavy (non-hydrogen) atoms. The van der Waals surface area contributed by atoms with Crippen molar-refractivity contribution in [3.63, 3.8) is 0 Å². The number of hydrogen-bond donors (Lipinski definition) is 3. The first-order valence-electron chi connectivity index (χ1n) is 4.36. The van der Waals surface area contributed by atoms with E-state index in [9.17, 15) is 18.6 Å². The van der Waals surface area contributed by atoms with Gasteiger partial charge in [-0.15, -0.1) is 10.2 Å². The summed E-state index contributed by atoms with van der Waals surface area (Å²) in [6.45, 7) is 1.10. The van der Waals surface area contributed by atoms with E-state index in [4.69, 9.17) is 11.1 Å². The van der Waals surface area contributed by atoms with Gasteiger partial charge >= 0.3 is 5.60 Å². The van der Waals surface area contributed by atoms with Crippen molar-refractivity contribution in [3.8, 4) is 0 Å². The van der Waals surface area contributed by atoms with Gasteiger partial charge in [0, 0.05) is 8.58 Å². The third kappa shape index (κ3) is 3.46. The Hall–Kier alpha value is -1.12. The molecule has 0 aromatic carbocycles. The van der Waals surface area contributed by atoms with Gasteiger partial charge in [0.25, 0.3) is 21.6 Å². The molecular formula is C5H8Cl2N6O6. The predicted octanol–water partition coefficient (Wildman–Crippen LogP) is -5.46. The van der Waals surface area contributed by atoms with Gasteiger partial charge in [0.2, 0.25) is 6.10 Å². The molecule has 12 nitrogen and oxygen atoms in total. The van der Waals surface area contributed by atoms with E-state index in [1.807, 2.05) is 5.53 Å². The Bertz CT molecular complexity index is 400. The summed E-state index contributed by atoms with van der Waals surface area (Å²) >= 11 is 0. The number of halogens is 2. The van der Waals surface area contributed by atoms with Crippen molar-refractivity contribution in [2.24, 2.45) is 21.2 Å². The number of hydrogen-bond acceptors (Lipinski definition) is 11. The Kier molecular flexibility index (Phi) is 5.33. The molecule has 0 spiro atoms. The van der Waals surface area contributed by atoms with Gasteiger partial charge in [0.15, 0.2) is 11.7 Å². The van der Waals surface area contributed by atoms with Crippen molar-refractivity contribution >= 4 is 11.7 Å². The van der Waals surface area contributed by atoms with Gasteiger partial charge in [0.1, 0.15) is 0 Å². The lowest BCUT2D eigenvalue weighted by Crippen LogP contribution is -2.64. The molecule has 0 bridgehead atoms. The van der Waals surface area contributed by atoms with E-state index >= 15 is 0 Å². The third-order valence-corrected chi connectivity index (χ3v) is 2.84. The maximum atomic E-state index is 10.7. The zero-order valence-corrected chi connectivity index (χ0v) is 10.7. The normalized spacial score (nSPS) is 25.2. The molecule has 1 rings (SSSR count). The fourth-order valence-corrected chi connectivity index (χ4v) is 2.06. The summed E-state index contributed by atoms with van der Waals surface area (Å²) in [5, 5.41) is 17.3. The van der Waals surface area contributed by atoms with Crippen LogP contribution in [0.15, 0.2) is 15.4 Å². The maximum Gasteiger partial charge on any atom is 0.334 e. The van der Waals surface area contributed by atoms with Crippen molar-refractivity contribution < 1.29 is 48.8 Å². The minimum absolute atomic E-state index is 0.608. The van der Waals surface area contributed by atoms with E-state index in [1.54, 1.807) is 0 Å². The number of nitrogens with zero attached hydrogens (tertiary/aromatic N) is 3. The van der Waals surface area contributed by atoms with Gasteiger partial charge in [-0.25, -0.2) is 0 Å². The molecule has 108 valence electrons. The minimum atomic E-state index is -2.80. The van der Waals surface area contributed by atoms with Crippen LogP contribution in [-0.4, -0.2) is 23.4 Å². The Morgan fingerprint density at radius 3 is 2.53 bits per heavy atom. The van der Waals surface area contributed by atoms with Crippen LogP contribution in [0.4, 0.5) is 0 Å². The first-order valence-corrected chi connectivity index (χ1v) is 6.22. The molecule has 0 aromatic heterocycles. The first-order chi connectivity index (χ1) is 8.80. The average molecular weight is 319 g/mol. The van der Waals surface area contributed by atoms with E-state index < -0.39 is 44.9 Å². The van der Waals surface area contributed by atoms with Crippen molar-refractivity contribution in [2.75, 3.05) is 0 Å². The van der Waals surface area contributed by atoms with Gasteiger partial charge in [-0.05, 0) is 6.92 Å². The zero-order valence-electron chi connectivity index (χ0n) is 9.20. The summed E-state index contributed by atoms with van der Waals surface area (Å²) in [6, 6.07) is 0. The van der Waals surface area contributed by atoms with Gasteiger partial charge in [-0.1, -0.05) is 5.22 Å². The van der Waals surface area contributed by atoms with Crippen molar-refractivity contribution in [1.82, 2.24) is 5.53 Å². The third-order valence-electron chi connectivity index (χ3n) is 2.06. The van der Waals surface area contributed by atoms with E-state index in [2.05, 4.69) is 24.0 Å². The summed E-state index contributed by atoms with van der Waals surface area (Å²) < 4.78 is 51.1. The fraction of sp³-hybridized carbons (Fsp3) is 0.600. The molecule has 1 aliphatic rings. The Morgan fingerprint density at radius 2 is 2.00 bits per heavy atom. The highest BCUT2D eigenvalue weighted by atomic mass is 35.6. The van der Waals surface area contributed by atoms with E-state index in [0.717, 1.165) is 6.92 Å². The summed E-state index contributed by atoms with van der Waals surface area (Å²) in [5.74, 6) is -1.43. The van der Waals surface area contributed by atoms with Crippen molar-refractivity contribution in [2.45, 2.75) is 18.6 Å². The van der Waals surface area contributed by atoms with Crippen LogP contribution < -0.4 is 29.9 Å². The van der Waals surface area contributed by atoms with Crippen LogP contribution in [0.5, 0.6) is 0 Å². The minimum Gasteiger partial charge on any atom is -0.382 e. The lowest BCUT2D eigenvalue weighted by atomic mass is 9.95. The quantitative estimate of drug-likeness (QED) is 0.443. The molecule has 1 aliphatic heterocycles. The molecule has 0 radical (unpaired) electrons. The van der Waals surface area contributed by atoms with Gasteiger partial charge in [0.05, 0.1) is 0 Å². The maximum absolute atomic E-state index is 10.7. The van der Waals surface area contributed by atoms with Crippen LogP contribution >= 0.6 is 0 Å². The lowest BCUT2D eigenvalue weighted by molar-refractivity contribution is -1.64. The molecule has 0 aromatic rings. The van der Waals surface area contributed by atoms with Crippen molar-refractivity contribution in [3.05, 3.63) is 0 Å². The molecular weight excluding hydrogens is 311 g/mol. The number of rotatable bonds is 5. The van der Waals surface area contributed by atoms with Crippen LogP contribution in [0.2, 0.25) is 0 Å². The largest absolute Gasteiger partial charge is 0.382 e. The highest BCUT2D eigenvalue weighted by Gasteiger charge is 2.61. The standard InChI is InChI=1S/C5H8Cl2N6O6/c1-2(18-6(14)15)5(19-7(16)17)3(8)10-12-13-11-4(5)9/h2H,1H3,(H2,8,10,13)(H2,9,11,12). The number of hydrazone groups is 1. The number of amidine groups is 2. The van der Waals surface area contributed by atoms with Crippen molar-refractivity contribution in [1.29, 1.82) is 5.41 Å². The monoisotopic (exact) mass is 318 g/mol. The molecule has 0 fully saturated rings. The number of nitrogens with one attached hydrogen (secondary N) is 2. The second-order valence-electron chi connectivity index (χ2n) is 3.07. The molecule has 0 amide bonds. The fourth-order valence-electron chi connectivity index (χ4n) is 1.24. The van der Waals surface area contributed by atoms with Gasteiger partial charge in [-0.3, -0.25) is 5.41 Å². The van der Waals surface area contributed by atoms with Crippen LogP contribution in [0.25, 0.3) is 0 Å². The van der Waals surface area contributed by atoms with E-state index in [1.165, 1.54) is 0 Å². The predicted molar refractivity (Wildman–Crippen MR) is 41.7 cm³/mol. The second-order valence-corrected chi connectivity index (χ2v) is 4.16. The Balaban J connectivity index is 3.22. The molecule has 4 N–H and O–H groups in total. The van der Waals surface area contributed by atoms with Crippen LogP contribution in [-0.2, 0) is 8.58 Å². The van der Waals surface area contributed by atoms with E-state index in [0.29, 0.717) is 0 Å². The van der Waals surface area contributed by atoms with Crippen LogP contribution in [0, 0.1) is 27.0 Å². The van der Waals surface area contributed by atoms with Gasteiger partial charge in [-0.2, -0.15) is 5.53 Å². The molecule has 0 saturated heterocycles. The molecule has 0 aliphatic carbocycles. The highest BCUT2D eigenvalue weighted by molar-refractivity contribution is 6.12. The number of nitrogens with two attached hydrogens (primary N) is 1. The highest BCUT2D eigenvalue weighted by Crippen LogP contribution is 2.25. The molecule has 1 heterocycles. The smallest absolute Gasteiger partial charge is 0.334 e. The SMILES string of the molecule is CC(O[Cl+2]([O-])[O-])C1(O[Cl+2]([O-])[O-])C(=N)N=NNN=C1N. The lowest BCUT2D eigenvalue weighted by Gasteiger charge is -2.24. The Morgan fingerprint density at radius 1 is 1.37 bits per heavy atom. The second kappa shape index (κ2) is 6.36.